The van der Waals surface area contributed by atoms with Crippen molar-refractivity contribution in [1.82, 2.24) is 5.32 Å². The Morgan fingerprint density at radius 2 is 1.39 bits per heavy atom. The molecular weight excluding hydrogens is 366 g/mol. The molecule has 0 atom stereocenters. The molecule has 3 rings (SSSR count). The quantitative estimate of drug-likeness (QED) is 0.746. The fourth-order valence-corrected chi connectivity index (χ4v) is 9.19. The number of carbonyl (C=O) groups is 1. The maximum absolute atomic E-state index is 10.9. The minimum Gasteiger partial charge on any atom is -0.465 e. The number of hydrogen-bond donors (Lipinski definition) is 2. The summed E-state index contributed by atoms with van der Waals surface area (Å²) >= 11 is 0. The Morgan fingerprint density at radius 3 is 1.79 bits per heavy atom. The maximum atomic E-state index is 10.9. The Kier molecular flexibility index (Phi) is 6.25. The first-order valence-corrected chi connectivity index (χ1v) is 12.0. The Hall–Kier alpha value is -2.11. The molecule has 0 radical (unpaired) electrons. The molecule has 1 saturated carbocycles. The molecule has 0 heterocycles. The smallest absolute Gasteiger partial charge is 0.404 e. The molecule has 0 aliphatic heterocycles. The van der Waals surface area contributed by atoms with Crippen molar-refractivity contribution in [3.63, 3.8) is 0 Å². The zero-order valence-electron chi connectivity index (χ0n) is 17.0. The molecule has 1 aliphatic carbocycles. The molecule has 0 unspecified atom stereocenters. The third-order valence-corrected chi connectivity index (χ3v) is 10.9. The van der Waals surface area contributed by atoms with E-state index in [1.165, 1.54) is 10.4 Å². The SMILES string of the molecule is CC(C)(C)[Si](O[C@H]1CC[C@@H](NC(=O)O)CC1)(c1ccccc1)c1ccccc1. The molecule has 1 fully saturated rings. The molecular formula is C23H31NO3Si. The fraction of sp³-hybridized carbons (Fsp3) is 0.435. The molecule has 150 valence electrons. The lowest BCUT2D eigenvalue weighted by molar-refractivity contribution is 0.125. The van der Waals surface area contributed by atoms with Gasteiger partial charge in [-0.3, -0.25) is 0 Å². The highest BCUT2D eigenvalue weighted by atomic mass is 28.4. The van der Waals surface area contributed by atoms with E-state index in [-0.39, 0.29) is 17.2 Å². The number of benzene rings is 2. The fourth-order valence-electron chi connectivity index (χ4n) is 4.44. The van der Waals surface area contributed by atoms with E-state index >= 15 is 0 Å². The predicted octanol–water partition coefficient (Wildman–Crippen LogP) is 4.14. The number of nitrogens with one attached hydrogen (secondary N) is 1. The van der Waals surface area contributed by atoms with Gasteiger partial charge in [-0.2, -0.15) is 0 Å². The summed E-state index contributed by atoms with van der Waals surface area (Å²) in [6, 6.07) is 21.4. The van der Waals surface area contributed by atoms with Crippen molar-refractivity contribution in [3.8, 4) is 0 Å². The number of carboxylic acid groups (broad SMARTS) is 1. The molecule has 2 aromatic rings. The predicted molar refractivity (Wildman–Crippen MR) is 116 cm³/mol. The van der Waals surface area contributed by atoms with Gasteiger partial charge < -0.3 is 14.8 Å². The van der Waals surface area contributed by atoms with E-state index < -0.39 is 14.4 Å². The first kappa shape index (κ1) is 20.6. The summed E-state index contributed by atoms with van der Waals surface area (Å²) < 4.78 is 7.13. The van der Waals surface area contributed by atoms with Crippen molar-refractivity contribution in [2.24, 2.45) is 0 Å². The average molecular weight is 398 g/mol. The van der Waals surface area contributed by atoms with Crippen LogP contribution in [0.25, 0.3) is 0 Å². The largest absolute Gasteiger partial charge is 0.465 e. The minimum absolute atomic E-state index is 0.0358. The molecule has 0 aromatic heterocycles. The molecule has 2 aromatic carbocycles. The van der Waals surface area contributed by atoms with Crippen LogP contribution in [0.5, 0.6) is 0 Å². The van der Waals surface area contributed by atoms with Crippen LogP contribution < -0.4 is 15.7 Å². The minimum atomic E-state index is -2.53. The molecule has 4 nitrogen and oxygen atoms in total. The van der Waals surface area contributed by atoms with E-state index in [0.717, 1.165) is 25.7 Å². The zero-order chi connectivity index (χ0) is 20.2. The van der Waals surface area contributed by atoms with E-state index in [2.05, 4.69) is 86.8 Å². The average Bonchev–Trinajstić information content (AvgIpc) is 2.67. The molecule has 5 heteroatoms. The summed E-state index contributed by atoms with van der Waals surface area (Å²) in [6.45, 7) is 6.87. The highest BCUT2D eigenvalue weighted by Crippen LogP contribution is 2.39. The van der Waals surface area contributed by atoms with Gasteiger partial charge in [0.2, 0.25) is 0 Å². The van der Waals surface area contributed by atoms with Crippen molar-refractivity contribution in [2.45, 2.75) is 63.6 Å². The number of rotatable bonds is 5. The molecule has 0 spiro atoms. The summed E-state index contributed by atoms with van der Waals surface area (Å²) in [5.41, 5.74) is 0. The van der Waals surface area contributed by atoms with Gasteiger partial charge in [-0.05, 0) is 41.1 Å². The van der Waals surface area contributed by atoms with Gasteiger partial charge in [-0.25, -0.2) is 4.79 Å². The van der Waals surface area contributed by atoms with Gasteiger partial charge in [0.15, 0.2) is 0 Å². The van der Waals surface area contributed by atoms with E-state index in [0.29, 0.717) is 0 Å². The van der Waals surface area contributed by atoms with Gasteiger partial charge in [0.05, 0.1) is 0 Å². The van der Waals surface area contributed by atoms with Crippen LogP contribution in [0.1, 0.15) is 46.5 Å². The molecule has 28 heavy (non-hydrogen) atoms. The standard InChI is InChI=1S/C23H31NO3Si/c1-23(2,3)28(20-10-6-4-7-11-20,21-12-8-5-9-13-21)27-19-16-14-18(15-17-19)24-22(25)26/h4-13,18-19,24H,14-17H2,1-3H3,(H,25,26)/t18-,19+. The molecule has 0 bridgehead atoms. The van der Waals surface area contributed by atoms with E-state index in [1.807, 2.05) is 0 Å². The highest BCUT2D eigenvalue weighted by Gasteiger charge is 2.51. The van der Waals surface area contributed by atoms with Crippen LogP contribution in [-0.4, -0.2) is 31.7 Å². The summed E-state index contributed by atoms with van der Waals surface area (Å²) in [5.74, 6) is 0. The van der Waals surface area contributed by atoms with Crippen LogP contribution in [0.2, 0.25) is 5.04 Å². The van der Waals surface area contributed by atoms with E-state index in [9.17, 15) is 4.79 Å². The van der Waals surface area contributed by atoms with Crippen LogP contribution in [0.15, 0.2) is 60.7 Å². The normalized spacial score (nSPS) is 20.5. The Morgan fingerprint density at radius 1 is 0.929 bits per heavy atom. The van der Waals surface area contributed by atoms with Gasteiger partial charge in [0.25, 0.3) is 8.32 Å². The van der Waals surface area contributed by atoms with Gasteiger partial charge in [-0.15, -0.1) is 0 Å². The number of amides is 1. The first-order chi connectivity index (χ1) is 13.3. The monoisotopic (exact) mass is 397 g/mol. The summed E-state index contributed by atoms with van der Waals surface area (Å²) in [7, 11) is -2.53. The van der Waals surface area contributed by atoms with Crippen LogP contribution in [0.4, 0.5) is 4.79 Å². The van der Waals surface area contributed by atoms with Crippen LogP contribution >= 0.6 is 0 Å². The third kappa shape index (κ3) is 4.31. The molecule has 1 aliphatic rings. The van der Waals surface area contributed by atoms with Gasteiger partial charge in [0, 0.05) is 12.1 Å². The lowest BCUT2D eigenvalue weighted by Crippen LogP contribution is -2.68. The Balaban J connectivity index is 1.95. The van der Waals surface area contributed by atoms with Gasteiger partial charge >= 0.3 is 6.09 Å². The summed E-state index contributed by atoms with van der Waals surface area (Å²) in [5, 5.41) is 14.2. The van der Waals surface area contributed by atoms with Gasteiger partial charge in [0.1, 0.15) is 0 Å². The summed E-state index contributed by atoms with van der Waals surface area (Å²) in [4.78, 5) is 10.9. The first-order valence-electron chi connectivity index (χ1n) is 10.1. The Labute approximate surface area is 169 Å². The Bertz CT molecular complexity index is 726. The van der Waals surface area contributed by atoms with E-state index in [1.54, 1.807) is 0 Å². The van der Waals surface area contributed by atoms with Crippen LogP contribution in [0, 0.1) is 0 Å². The third-order valence-electron chi connectivity index (χ3n) is 5.76. The van der Waals surface area contributed by atoms with E-state index in [4.69, 9.17) is 9.53 Å². The van der Waals surface area contributed by atoms with Crippen molar-refractivity contribution in [2.75, 3.05) is 0 Å². The molecule has 1 amide bonds. The van der Waals surface area contributed by atoms with Gasteiger partial charge in [-0.1, -0.05) is 81.4 Å². The lowest BCUT2D eigenvalue weighted by Gasteiger charge is -2.46. The number of hydrogen-bond acceptors (Lipinski definition) is 2. The van der Waals surface area contributed by atoms with Crippen LogP contribution in [0.3, 0.4) is 0 Å². The van der Waals surface area contributed by atoms with Crippen molar-refractivity contribution >= 4 is 24.8 Å². The lowest BCUT2D eigenvalue weighted by atomic mass is 9.93. The molecule has 2 N–H and O–H groups in total. The van der Waals surface area contributed by atoms with Crippen molar-refractivity contribution in [3.05, 3.63) is 60.7 Å². The second-order valence-corrected chi connectivity index (χ2v) is 13.0. The topological polar surface area (TPSA) is 58.6 Å². The van der Waals surface area contributed by atoms with Crippen molar-refractivity contribution < 1.29 is 14.3 Å². The van der Waals surface area contributed by atoms with Crippen LogP contribution in [-0.2, 0) is 4.43 Å². The summed E-state index contributed by atoms with van der Waals surface area (Å²) in [6.07, 6.45) is 2.64. The maximum Gasteiger partial charge on any atom is 0.404 e. The van der Waals surface area contributed by atoms with Crippen molar-refractivity contribution in [1.29, 1.82) is 0 Å². The second-order valence-electron chi connectivity index (χ2n) is 8.70. The molecule has 0 saturated heterocycles. The second kappa shape index (κ2) is 8.49. The zero-order valence-corrected chi connectivity index (χ0v) is 18.0. The highest BCUT2D eigenvalue weighted by molar-refractivity contribution is 6.99.